The van der Waals surface area contributed by atoms with Crippen molar-refractivity contribution >= 4 is 15.9 Å². The van der Waals surface area contributed by atoms with Gasteiger partial charge in [-0.05, 0) is 122 Å². The number of methoxy groups -OCH3 is 1. The van der Waals surface area contributed by atoms with E-state index in [0.717, 1.165) is 57.4 Å². The SMILES string of the molecule is CC[C@@H]1C2C[C@H](O)CCC2(C)[C@H]2CCC3(C)[C@@H](CCCCCC(=O)NS(=O)(=O)c4ccc(OC)c(F)c4)CC[C@H]3[C@H]2[C@@H]1O. The van der Waals surface area contributed by atoms with Gasteiger partial charge in [0.1, 0.15) is 0 Å². The molecule has 4 aliphatic rings. The summed E-state index contributed by atoms with van der Waals surface area (Å²) in [7, 11) is -2.85. The summed E-state index contributed by atoms with van der Waals surface area (Å²) in [6, 6.07) is 3.29. The fraction of sp³-hybridized carbons (Fsp3) is 0.794. The van der Waals surface area contributed by atoms with Gasteiger partial charge in [-0.2, -0.15) is 0 Å². The monoisotopic (exact) mass is 621 g/mol. The van der Waals surface area contributed by atoms with Crippen LogP contribution in [0.2, 0.25) is 0 Å². The van der Waals surface area contributed by atoms with Crippen LogP contribution < -0.4 is 9.46 Å². The Bertz CT molecular complexity index is 1270. The predicted octanol–water partition coefficient (Wildman–Crippen LogP) is 6.22. The normalized spacial score (nSPS) is 39.0. The van der Waals surface area contributed by atoms with Crippen LogP contribution in [0.3, 0.4) is 0 Å². The minimum atomic E-state index is -4.15. The molecular formula is C34H52FNO6S. The third-order valence-electron chi connectivity index (χ3n) is 12.7. The van der Waals surface area contributed by atoms with Crippen LogP contribution in [0.5, 0.6) is 5.75 Å². The molecule has 242 valence electrons. The zero-order chi connectivity index (χ0) is 31.2. The van der Waals surface area contributed by atoms with Gasteiger partial charge >= 0.3 is 0 Å². The van der Waals surface area contributed by atoms with Gasteiger partial charge in [0, 0.05) is 6.42 Å². The van der Waals surface area contributed by atoms with Crippen molar-refractivity contribution < 1.29 is 32.6 Å². The fourth-order valence-electron chi connectivity index (χ4n) is 10.5. The van der Waals surface area contributed by atoms with E-state index in [1.807, 2.05) is 0 Å². The van der Waals surface area contributed by atoms with Gasteiger partial charge in [-0.15, -0.1) is 0 Å². The Labute approximate surface area is 257 Å². The van der Waals surface area contributed by atoms with Crippen molar-refractivity contribution in [3.05, 3.63) is 24.0 Å². The molecule has 4 saturated carbocycles. The Balaban J connectivity index is 1.13. The number of aliphatic hydroxyl groups is 2. The maximum absolute atomic E-state index is 14.0. The maximum atomic E-state index is 14.0. The van der Waals surface area contributed by atoms with E-state index >= 15 is 0 Å². The van der Waals surface area contributed by atoms with Crippen LogP contribution in [0.4, 0.5) is 4.39 Å². The lowest BCUT2D eigenvalue weighted by molar-refractivity contribution is -0.202. The summed E-state index contributed by atoms with van der Waals surface area (Å²) in [6.07, 6.45) is 11.6. The first-order chi connectivity index (χ1) is 20.4. The number of sulfonamides is 1. The van der Waals surface area contributed by atoms with Crippen LogP contribution in [0.25, 0.3) is 0 Å². The first-order valence-corrected chi connectivity index (χ1v) is 18.1. The number of ether oxygens (including phenoxy) is 1. The van der Waals surface area contributed by atoms with Gasteiger partial charge in [0.2, 0.25) is 5.91 Å². The number of halogens is 1. The zero-order valence-electron chi connectivity index (χ0n) is 26.4. The number of benzene rings is 1. The highest BCUT2D eigenvalue weighted by atomic mass is 32.2. The molecule has 0 spiro atoms. The van der Waals surface area contributed by atoms with Crippen molar-refractivity contribution in [2.75, 3.05) is 7.11 Å². The molecule has 9 heteroatoms. The third-order valence-corrected chi connectivity index (χ3v) is 14.1. The van der Waals surface area contributed by atoms with Crippen molar-refractivity contribution in [2.24, 2.45) is 46.3 Å². The van der Waals surface area contributed by atoms with Gasteiger partial charge in [0.25, 0.3) is 10.0 Å². The molecule has 7 nitrogen and oxygen atoms in total. The van der Waals surface area contributed by atoms with Crippen molar-refractivity contribution in [1.82, 2.24) is 4.72 Å². The van der Waals surface area contributed by atoms with E-state index in [0.29, 0.717) is 36.0 Å². The van der Waals surface area contributed by atoms with E-state index < -0.39 is 21.7 Å². The molecular weight excluding hydrogens is 569 g/mol. The number of unbranched alkanes of at least 4 members (excludes halogenated alkanes) is 2. The van der Waals surface area contributed by atoms with Crippen molar-refractivity contribution in [3.63, 3.8) is 0 Å². The van der Waals surface area contributed by atoms with Gasteiger partial charge < -0.3 is 14.9 Å². The number of fused-ring (bicyclic) bond motifs is 5. The zero-order valence-corrected chi connectivity index (χ0v) is 27.2. The van der Waals surface area contributed by atoms with Gasteiger partial charge in [-0.1, -0.05) is 40.0 Å². The molecule has 1 amide bonds. The van der Waals surface area contributed by atoms with Crippen LogP contribution in [-0.2, 0) is 14.8 Å². The van der Waals surface area contributed by atoms with Gasteiger partial charge in [-0.3, -0.25) is 4.79 Å². The van der Waals surface area contributed by atoms with Crippen LogP contribution in [-0.4, -0.2) is 43.9 Å². The Kier molecular flexibility index (Phi) is 9.57. The lowest BCUT2D eigenvalue weighted by atomic mass is 9.41. The van der Waals surface area contributed by atoms with Crippen LogP contribution >= 0.6 is 0 Å². The summed E-state index contributed by atoms with van der Waals surface area (Å²) in [6.45, 7) is 7.16. The second kappa shape index (κ2) is 12.6. The van der Waals surface area contributed by atoms with Gasteiger partial charge in [0.05, 0.1) is 24.2 Å². The minimum absolute atomic E-state index is 0.0614. The molecule has 3 N–H and O–H groups in total. The lowest BCUT2D eigenvalue weighted by Gasteiger charge is -2.64. The van der Waals surface area contributed by atoms with E-state index in [9.17, 15) is 27.8 Å². The summed E-state index contributed by atoms with van der Waals surface area (Å²) in [4.78, 5) is 12.1. The quantitative estimate of drug-likeness (QED) is 0.268. The second-order valence-electron chi connectivity index (χ2n) is 14.6. The standard InChI is InChI=1S/C34H52FNO6S/c1-5-24-27-19-22(37)15-17-34(27,3)26-16-18-33(2)21(11-13-25(33)31(26)32(24)39)9-7-6-8-10-30(38)36-43(40,41)23-12-14-29(42-4)28(35)20-23/h12,14,20-22,24-27,31-32,37,39H,5-11,13,15-19H2,1-4H3,(H,36,38)/t21-,22+,24+,25-,26-,27?,31+,32+,33?,34?/m0/s1. The number of hydrogen-bond acceptors (Lipinski definition) is 6. The topological polar surface area (TPSA) is 113 Å². The Morgan fingerprint density at radius 1 is 1.02 bits per heavy atom. The minimum Gasteiger partial charge on any atom is -0.494 e. The van der Waals surface area contributed by atoms with E-state index in [1.165, 1.54) is 38.5 Å². The van der Waals surface area contributed by atoms with Crippen molar-refractivity contribution in [2.45, 2.75) is 121 Å². The number of hydrogen-bond donors (Lipinski definition) is 3. The fourth-order valence-corrected chi connectivity index (χ4v) is 11.5. The van der Waals surface area contributed by atoms with Crippen LogP contribution in [0, 0.1) is 52.2 Å². The Morgan fingerprint density at radius 3 is 2.44 bits per heavy atom. The van der Waals surface area contributed by atoms with Gasteiger partial charge in [0.15, 0.2) is 11.6 Å². The Hall–Kier alpha value is -1.71. The van der Waals surface area contributed by atoms with E-state index in [4.69, 9.17) is 4.74 Å². The number of carbonyl (C=O) groups is 1. The summed E-state index contributed by atoms with van der Waals surface area (Å²) < 4.78 is 45.9. The molecule has 0 aliphatic heterocycles. The highest BCUT2D eigenvalue weighted by Gasteiger charge is 2.64. The molecule has 5 rings (SSSR count). The molecule has 1 aromatic rings. The summed E-state index contributed by atoms with van der Waals surface area (Å²) >= 11 is 0. The van der Waals surface area contributed by atoms with E-state index in [-0.39, 0.29) is 46.0 Å². The highest BCUT2D eigenvalue weighted by molar-refractivity contribution is 7.90. The summed E-state index contributed by atoms with van der Waals surface area (Å²) in [5, 5.41) is 22.4. The van der Waals surface area contributed by atoms with E-state index in [2.05, 4.69) is 25.5 Å². The molecule has 0 saturated heterocycles. The van der Waals surface area contributed by atoms with E-state index in [1.54, 1.807) is 0 Å². The molecule has 0 aromatic heterocycles. The molecule has 4 aliphatic carbocycles. The second-order valence-corrected chi connectivity index (χ2v) is 16.3. The molecule has 0 radical (unpaired) electrons. The number of carbonyl (C=O) groups excluding carboxylic acids is 1. The van der Waals surface area contributed by atoms with Crippen molar-refractivity contribution in [1.29, 1.82) is 0 Å². The number of nitrogens with one attached hydrogen (secondary N) is 1. The Morgan fingerprint density at radius 2 is 1.74 bits per heavy atom. The maximum Gasteiger partial charge on any atom is 0.264 e. The molecule has 1 aromatic carbocycles. The lowest BCUT2D eigenvalue weighted by Crippen LogP contribution is -2.62. The van der Waals surface area contributed by atoms with Crippen LogP contribution in [0.15, 0.2) is 23.1 Å². The smallest absolute Gasteiger partial charge is 0.264 e. The predicted molar refractivity (Wildman–Crippen MR) is 163 cm³/mol. The molecule has 10 atom stereocenters. The molecule has 3 unspecified atom stereocenters. The first kappa shape index (κ1) is 32.7. The molecule has 43 heavy (non-hydrogen) atoms. The summed E-state index contributed by atoms with van der Waals surface area (Å²) in [5.74, 6) is 1.23. The first-order valence-electron chi connectivity index (χ1n) is 16.6. The average Bonchev–Trinajstić information content (AvgIpc) is 3.29. The molecule has 4 fully saturated rings. The summed E-state index contributed by atoms with van der Waals surface area (Å²) in [5.41, 5.74) is 0.426. The number of aliphatic hydroxyl groups excluding tert-OH is 2. The number of rotatable bonds is 10. The molecule has 0 heterocycles. The van der Waals surface area contributed by atoms with Gasteiger partial charge in [-0.25, -0.2) is 17.5 Å². The average molecular weight is 622 g/mol. The van der Waals surface area contributed by atoms with Crippen molar-refractivity contribution in [3.8, 4) is 5.75 Å². The third kappa shape index (κ3) is 5.99. The van der Waals surface area contributed by atoms with Crippen LogP contribution in [0.1, 0.15) is 104 Å². The number of amides is 1. The molecule has 0 bridgehead atoms. The largest absolute Gasteiger partial charge is 0.494 e. The highest BCUT2D eigenvalue weighted by Crippen LogP contribution is 2.69.